The highest BCUT2D eigenvalue weighted by Crippen LogP contribution is 2.46. The van der Waals surface area contributed by atoms with Crippen molar-refractivity contribution in [2.75, 3.05) is 32.8 Å². The van der Waals surface area contributed by atoms with Crippen LogP contribution in [0.3, 0.4) is 0 Å². The summed E-state index contributed by atoms with van der Waals surface area (Å²) in [5.74, 6) is 1.31. The van der Waals surface area contributed by atoms with E-state index in [1.165, 1.54) is 20.3 Å². The van der Waals surface area contributed by atoms with E-state index in [1.807, 2.05) is 6.07 Å². The van der Waals surface area contributed by atoms with Gasteiger partial charge in [-0.2, -0.15) is 0 Å². The number of fused-ring (bicyclic) bond motifs is 1. The normalized spacial score (nSPS) is 18.4. The van der Waals surface area contributed by atoms with Crippen LogP contribution in [0.25, 0.3) is 22.2 Å². The number of pyridine rings is 1. The van der Waals surface area contributed by atoms with Gasteiger partial charge >= 0.3 is 0 Å². The highest BCUT2D eigenvalue weighted by atomic mass is 35.5. The Hall–Kier alpha value is -2.69. The van der Waals surface area contributed by atoms with E-state index in [1.54, 1.807) is 12.3 Å². The molecule has 0 spiro atoms. The molecule has 0 saturated carbocycles. The molecule has 1 unspecified atom stereocenters. The third-order valence-corrected chi connectivity index (χ3v) is 6.92. The molecule has 1 aromatic carbocycles. The predicted molar refractivity (Wildman–Crippen MR) is 150 cm³/mol. The van der Waals surface area contributed by atoms with E-state index in [-0.39, 0.29) is 17.5 Å². The number of hydrogen-bond donors (Lipinski definition) is 3. The van der Waals surface area contributed by atoms with Crippen molar-refractivity contribution in [1.29, 1.82) is 0 Å². The van der Waals surface area contributed by atoms with E-state index in [9.17, 15) is 5.11 Å². The molecular weight excluding hydrogens is 529 g/mol. The number of aliphatic hydroxyl groups is 1. The molecule has 38 heavy (non-hydrogen) atoms. The molecule has 11 heteroatoms. The van der Waals surface area contributed by atoms with Crippen molar-refractivity contribution in [2.24, 2.45) is 5.41 Å². The molecule has 0 amide bonds. The van der Waals surface area contributed by atoms with Crippen molar-refractivity contribution in [1.82, 2.24) is 20.3 Å². The van der Waals surface area contributed by atoms with Gasteiger partial charge in [0.05, 0.1) is 66.5 Å². The van der Waals surface area contributed by atoms with Crippen LogP contribution in [0.2, 0.25) is 10.0 Å². The topological polar surface area (TPSA) is 111 Å². The molecule has 1 fully saturated rings. The van der Waals surface area contributed by atoms with Crippen LogP contribution >= 0.6 is 23.2 Å². The van der Waals surface area contributed by atoms with Gasteiger partial charge in [0.15, 0.2) is 0 Å². The average molecular weight is 562 g/mol. The maximum Gasteiger partial charge on any atom is 0.223 e. The lowest BCUT2D eigenvalue weighted by atomic mass is 9.89. The lowest BCUT2D eigenvalue weighted by molar-refractivity contribution is 0.149. The summed E-state index contributed by atoms with van der Waals surface area (Å²) < 4.78 is 16.5. The number of ether oxygens (including phenoxy) is 3. The van der Waals surface area contributed by atoms with Gasteiger partial charge in [0.25, 0.3) is 0 Å². The lowest BCUT2D eigenvalue weighted by Crippen LogP contribution is -2.47. The Balaban J connectivity index is 1.79. The second kappa shape index (κ2) is 11.6. The zero-order valence-electron chi connectivity index (χ0n) is 22.1. The first-order chi connectivity index (χ1) is 18.0. The molecular formula is C27H33Cl2N5O4. The highest BCUT2D eigenvalue weighted by Gasteiger charge is 2.30. The van der Waals surface area contributed by atoms with Crippen molar-refractivity contribution in [3.8, 4) is 22.8 Å². The number of benzene rings is 1. The zero-order valence-corrected chi connectivity index (χ0v) is 23.7. The van der Waals surface area contributed by atoms with Crippen LogP contribution < -0.4 is 20.1 Å². The fraction of sp³-hybridized carbons (Fsp3) is 0.444. The highest BCUT2D eigenvalue weighted by molar-refractivity contribution is 6.41. The van der Waals surface area contributed by atoms with Crippen molar-refractivity contribution < 1.29 is 19.3 Å². The third kappa shape index (κ3) is 6.13. The summed E-state index contributed by atoms with van der Waals surface area (Å²) in [5.41, 5.74) is 2.51. The monoisotopic (exact) mass is 561 g/mol. The number of nitrogens with zero attached hydrogens (tertiary/aromatic N) is 3. The molecule has 9 nitrogen and oxygen atoms in total. The lowest BCUT2D eigenvalue weighted by Gasteiger charge is -2.23. The summed E-state index contributed by atoms with van der Waals surface area (Å²) in [5, 5.41) is 17.8. The first-order valence-corrected chi connectivity index (χ1v) is 13.0. The second-order valence-electron chi connectivity index (χ2n) is 10.3. The van der Waals surface area contributed by atoms with Crippen molar-refractivity contribution >= 4 is 40.1 Å². The number of nitrogens with one attached hydrogen (secondary N) is 2. The SMILES string of the molecule is C=CC(O)N[C@H]1COC[C@H]1Nc1ncc2cc(-c3c(Cl)c(OC)cc(OC)c3Cl)nc(CC(C)(C)C)c2n1. The van der Waals surface area contributed by atoms with E-state index in [0.717, 1.165) is 16.6 Å². The minimum Gasteiger partial charge on any atom is -0.495 e. The second-order valence-corrected chi connectivity index (χ2v) is 11.1. The van der Waals surface area contributed by atoms with Crippen LogP contribution in [-0.2, 0) is 11.2 Å². The Bertz CT molecular complexity index is 1300. The maximum atomic E-state index is 9.93. The van der Waals surface area contributed by atoms with Gasteiger partial charge in [-0.3, -0.25) is 10.3 Å². The molecule has 4 rings (SSSR count). The molecule has 3 N–H and O–H groups in total. The van der Waals surface area contributed by atoms with Crippen LogP contribution in [0.1, 0.15) is 26.5 Å². The number of methoxy groups -OCH3 is 2. The van der Waals surface area contributed by atoms with Gasteiger partial charge in [-0.25, -0.2) is 9.97 Å². The number of anilines is 1. The Labute approximate surface area is 232 Å². The van der Waals surface area contributed by atoms with Crippen LogP contribution in [0, 0.1) is 5.41 Å². The van der Waals surface area contributed by atoms with Crippen LogP contribution in [0.15, 0.2) is 31.0 Å². The van der Waals surface area contributed by atoms with E-state index in [4.69, 9.17) is 47.4 Å². The van der Waals surface area contributed by atoms with E-state index >= 15 is 0 Å². The van der Waals surface area contributed by atoms with Gasteiger partial charge in [-0.15, -0.1) is 0 Å². The molecule has 3 atom stereocenters. The van der Waals surface area contributed by atoms with Gasteiger partial charge < -0.3 is 24.6 Å². The quantitative estimate of drug-likeness (QED) is 0.248. The largest absolute Gasteiger partial charge is 0.495 e. The Morgan fingerprint density at radius 2 is 1.79 bits per heavy atom. The van der Waals surface area contributed by atoms with Crippen LogP contribution in [0.5, 0.6) is 11.5 Å². The van der Waals surface area contributed by atoms with Crippen molar-refractivity contribution in [3.63, 3.8) is 0 Å². The standard InChI is InChI=1S/C27H33Cl2N5O4/c1-7-21(35)32-17-12-38-13-18(17)33-26-30-11-14-8-15(31-16(25(14)34-26)10-27(2,3)4)22-23(28)19(36-5)9-20(37-6)24(22)29/h7-9,11,17-18,21,32,35H,1,10,12-13H2,2-6H3,(H,30,33,34)/t17-,18+,21?/m0/s1. The number of aliphatic hydroxyl groups excluding tert-OH is 1. The summed E-state index contributed by atoms with van der Waals surface area (Å²) >= 11 is 13.4. The summed E-state index contributed by atoms with van der Waals surface area (Å²) in [6.45, 7) is 10.9. The molecule has 3 aromatic rings. The van der Waals surface area contributed by atoms with Gasteiger partial charge in [0.1, 0.15) is 17.7 Å². The van der Waals surface area contributed by atoms with Crippen molar-refractivity contribution in [3.05, 3.63) is 46.7 Å². The first-order valence-electron chi connectivity index (χ1n) is 12.2. The summed E-state index contributed by atoms with van der Waals surface area (Å²) in [4.78, 5) is 14.4. The molecule has 1 aliphatic heterocycles. The zero-order chi connectivity index (χ0) is 27.6. The smallest absolute Gasteiger partial charge is 0.223 e. The van der Waals surface area contributed by atoms with Gasteiger partial charge in [-0.1, -0.05) is 50.6 Å². The number of hydrogen-bond acceptors (Lipinski definition) is 9. The van der Waals surface area contributed by atoms with Gasteiger partial charge in [0.2, 0.25) is 5.95 Å². The predicted octanol–water partition coefficient (Wildman–Crippen LogP) is 4.88. The Morgan fingerprint density at radius 1 is 1.13 bits per heavy atom. The molecule has 3 heterocycles. The molecule has 204 valence electrons. The van der Waals surface area contributed by atoms with Crippen LogP contribution in [0.4, 0.5) is 5.95 Å². The number of halogens is 2. The first kappa shape index (κ1) is 28.3. The third-order valence-electron chi connectivity index (χ3n) is 6.17. The summed E-state index contributed by atoms with van der Waals surface area (Å²) in [6, 6.07) is 3.24. The summed E-state index contributed by atoms with van der Waals surface area (Å²) in [7, 11) is 3.07. The molecule has 1 aliphatic rings. The van der Waals surface area contributed by atoms with Crippen LogP contribution in [-0.4, -0.2) is 65.8 Å². The maximum absolute atomic E-state index is 9.93. The molecule has 0 radical (unpaired) electrons. The molecule has 2 aromatic heterocycles. The van der Waals surface area contributed by atoms with E-state index in [0.29, 0.717) is 58.4 Å². The molecule has 0 aliphatic carbocycles. The van der Waals surface area contributed by atoms with Crippen molar-refractivity contribution in [2.45, 2.75) is 45.5 Å². The van der Waals surface area contributed by atoms with Gasteiger partial charge in [0, 0.05) is 23.2 Å². The van der Waals surface area contributed by atoms with Gasteiger partial charge in [-0.05, 0) is 24.0 Å². The Kier molecular flexibility index (Phi) is 8.64. The Morgan fingerprint density at radius 3 is 2.39 bits per heavy atom. The summed E-state index contributed by atoms with van der Waals surface area (Å²) in [6.07, 6.45) is 2.99. The molecule has 1 saturated heterocycles. The fourth-order valence-electron chi connectivity index (χ4n) is 4.35. The minimum absolute atomic E-state index is 0.0775. The number of aromatic nitrogens is 3. The minimum atomic E-state index is -0.835. The van der Waals surface area contributed by atoms with E-state index in [2.05, 4.69) is 43.0 Å². The molecule has 0 bridgehead atoms. The average Bonchev–Trinajstić information content (AvgIpc) is 3.29. The van der Waals surface area contributed by atoms with E-state index < -0.39 is 6.23 Å². The number of rotatable bonds is 9. The fourth-order valence-corrected chi connectivity index (χ4v) is 5.05.